The molecule has 0 spiro atoms. The molecule has 102 valence electrons. The molecular formula is C14H18FN3S. The lowest BCUT2D eigenvalue weighted by atomic mass is 10.1. The molecule has 1 N–H and O–H groups in total. The van der Waals surface area contributed by atoms with Gasteiger partial charge in [0.2, 0.25) is 5.13 Å². The van der Waals surface area contributed by atoms with Crippen molar-refractivity contribution in [2.45, 2.75) is 33.2 Å². The Bertz CT molecular complexity index is 522. The molecule has 1 atom stereocenters. The number of hydrogen-bond acceptors (Lipinski definition) is 4. The maximum atomic E-state index is 12.8. The number of nitrogens with one attached hydrogen (secondary N) is 1. The smallest absolute Gasteiger partial charge is 0.202 e. The van der Waals surface area contributed by atoms with E-state index >= 15 is 0 Å². The molecule has 1 heterocycles. The van der Waals surface area contributed by atoms with E-state index < -0.39 is 0 Å². The topological polar surface area (TPSA) is 37.8 Å². The van der Waals surface area contributed by atoms with Gasteiger partial charge in [-0.15, -0.1) is 0 Å². The summed E-state index contributed by atoms with van der Waals surface area (Å²) in [5.41, 5.74) is 1.02. The highest BCUT2D eigenvalue weighted by Gasteiger charge is 2.10. The van der Waals surface area contributed by atoms with Crippen molar-refractivity contribution in [1.29, 1.82) is 0 Å². The molecule has 0 aliphatic carbocycles. The van der Waals surface area contributed by atoms with E-state index in [1.165, 1.54) is 23.7 Å². The molecule has 0 unspecified atom stereocenters. The van der Waals surface area contributed by atoms with Gasteiger partial charge in [0.1, 0.15) is 11.6 Å². The Balaban J connectivity index is 1.99. The van der Waals surface area contributed by atoms with Crippen LogP contribution in [0.2, 0.25) is 0 Å². The number of halogens is 1. The third kappa shape index (κ3) is 3.99. The summed E-state index contributed by atoms with van der Waals surface area (Å²) < 4.78 is 17.1. The van der Waals surface area contributed by atoms with Crippen LogP contribution in [0.4, 0.5) is 9.52 Å². The van der Waals surface area contributed by atoms with Crippen LogP contribution in [0.15, 0.2) is 24.3 Å². The monoisotopic (exact) mass is 279 g/mol. The van der Waals surface area contributed by atoms with E-state index in [1.54, 1.807) is 12.1 Å². The molecule has 0 amide bonds. The van der Waals surface area contributed by atoms with E-state index in [2.05, 4.69) is 35.4 Å². The van der Waals surface area contributed by atoms with Gasteiger partial charge in [0, 0.05) is 24.0 Å². The first-order valence-electron chi connectivity index (χ1n) is 6.38. The van der Waals surface area contributed by atoms with Crippen molar-refractivity contribution in [3.05, 3.63) is 41.5 Å². The molecule has 1 aromatic heterocycles. The molecule has 0 saturated heterocycles. The highest BCUT2D eigenvalue weighted by molar-refractivity contribution is 7.09. The average molecular weight is 279 g/mol. The van der Waals surface area contributed by atoms with Gasteiger partial charge in [-0.3, -0.25) is 0 Å². The second-order valence-corrected chi connectivity index (χ2v) is 5.75. The lowest BCUT2D eigenvalue weighted by Gasteiger charge is -2.15. The Morgan fingerprint density at radius 3 is 2.53 bits per heavy atom. The Labute approximate surface area is 117 Å². The number of anilines is 1. The van der Waals surface area contributed by atoms with Crippen LogP contribution in [-0.4, -0.2) is 15.4 Å². The summed E-state index contributed by atoms with van der Waals surface area (Å²) in [4.78, 5) is 4.45. The Hall–Kier alpha value is -1.49. The number of aromatic nitrogens is 2. The minimum atomic E-state index is -0.219. The molecule has 3 nitrogen and oxygen atoms in total. The molecule has 0 aliphatic heterocycles. The molecule has 1 aromatic carbocycles. The van der Waals surface area contributed by atoms with Crippen molar-refractivity contribution in [3.8, 4) is 0 Å². The zero-order valence-electron chi connectivity index (χ0n) is 11.4. The fourth-order valence-corrected chi connectivity index (χ4v) is 2.21. The van der Waals surface area contributed by atoms with Crippen LogP contribution >= 0.6 is 11.5 Å². The maximum absolute atomic E-state index is 12.8. The number of nitrogens with zero attached hydrogens (tertiary/aromatic N) is 2. The lowest BCUT2D eigenvalue weighted by molar-refractivity contribution is 0.559. The fourth-order valence-electron chi connectivity index (χ4n) is 1.53. The van der Waals surface area contributed by atoms with E-state index in [0.29, 0.717) is 18.4 Å². The predicted octanol–water partition coefficient (Wildman–Crippen LogP) is 3.72. The molecule has 2 aromatic rings. The molecule has 0 bridgehead atoms. The first kappa shape index (κ1) is 13.9. The molecule has 5 heteroatoms. The van der Waals surface area contributed by atoms with Crippen LogP contribution < -0.4 is 5.32 Å². The summed E-state index contributed by atoms with van der Waals surface area (Å²) in [7, 11) is 0. The maximum Gasteiger partial charge on any atom is 0.202 e. The Morgan fingerprint density at radius 2 is 1.89 bits per heavy atom. The third-order valence-corrected chi connectivity index (χ3v) is 3.78. The van der Waals surface area contributed by atoms with E-state index in [0.717, 1.165) is 16.5 Å². The zero-order chi connectivity index (χ0) is 13.8. The van der Waals surface area contributed by atoms with Crippen molar-refractivity contribution in [2.75, 3.05) is 5.32 Å². The second kappa shape index (κ2) is 6.10. The van der Waals surface area contributed by atoms with E-state index in [4.69, 9.17) is 0 Å². The molecular weight excluding hydrogens is 261 g/mol. The van der Waals surface area contributed by atoms with Gasteiger partial charge in [0.25, 0.3) is 0 Å². The second-order valence-electron chi connectivity index (χ2n) is 5.00. The van der Waals surface area contributed by atoms with Gasteiger partial charge < -0.3 is 5.32 Å². The quantitative estimate of drug-likeness (QED) is 0.906. The normalized spacial score (nSPS) is 12.7. The summed E-state index contributed by atoms with van der Waals surface area (Å²) in [6, 6.07) is 6.82. The number of benzene rings is 1. The third-order valence-electron chi connectivity index (χ3n) is 3.09. The first-order valence-corrected chi connectivity index (χ1v) is 7.15. The van der Waals surface area contributed by atoms with Crippen molar-refractivity contribution in [1.82, 2.24) is 9.36 Å². The van der Waals surface area contributed by atoms with E-state index in [9.17, 15) is 4.39 Å². The van der Waals surface area contributed by atoms with Crippen LogP contribution in [-0.2, 0) is 6.42 Å². The van der Waals surface area contributed by atoms with Gasteiger partial charge in [-0.1, -0.05) is 26.0 Å². The van der Waals surface area contributed by atoms with Crippen LogP contribution in [0.25, 0.3) is 0 Å². The summed E-state index contributed by atoms with van der Waals surface area (Å²) in [6.45, 7) is 6.46. The van der Waals surface area contributed by atoms with Gasteiger partial charge in [-0.05, 0) is 30.5 Å². The van der Waals surface area contributed by atoms with Gasteiger partial charge in [-0.2, -0.15) is 4.37 Å². The Kier molecular flexibility index (Phi) is 4.47. The number of rotatable bonds is 5. The molecule has 19 heavy (non-hydrogen) atoms. The minimum Gasteiger partial charge on any atom is -0.358 e. The van der Waals surface area contributed by atoms with E-state index in [-0.39, 0.29) is 5.82 Å². The molecule has 2 rings (SSSR count). The SMILES string of the molecule is CC(C)[C@H](C)Nc1nc(Cc2ccc(F)cc2)ns1. The molecule has 0 fully saturated rings. The van der Waals surface area contributed by atoms with Crippen molar-refractivity contribution in [2.24, 2.45) is 5.92 Å². The van der Waals surface area contributed by atoms with Crippen molar-refractivity contribution >= 4 is 16.7 Å². The van der Waals surface area contributed by atoms with Crippen LogP contribution in [0.5, 0.6) is 0 Å². The summed E-state index contributed by atoms with van der Waals surface area (Å²) in [5.74, 6) is 1.10. The summed E-state index contributed by atoms with van der Waals surface area (Å²) in [5, 5.41) is 4.19. The Morgan fingerprint density at radius 1 is 1.21 bits per heavy atom. The fraction of sp³-hybridized carbons (Fsp3) is 0.429. The highest BCUT2D eigenvalue weighted by Crippen LogP contribution is 2.17. The van der Waals surface area contributed by atoms with Gasteiger partial charge >= 0.3 is 0 Å². The molecule has 0 aliphatic rings. The first-order chi connectivity index (χ1) is 9.04. The average Bonchev–Trinajstić information content (AvgIpc) is 2.79. The summed E-state index contributed by atoms with van der Waals surface area (Å²) in [6.07, 6.45) is 0.633. The largest absolute Gasteiger partial charge is 0.358 e. The minimum absolute atomic E-state index is 0.219. The van der Waals surface area contributed by atoms with Crippen LogP contribution in [0.3, 0.4) is 0 Å². The number of hydrogen-bond donors (Lipinski definition) is 1. The van der Waals surface area contributed by atoms with Crippen molar-refractivity contribution in [3.63, 3.8) is 0 Å². The standard InChI is InChI=1S/C14H18FN3S/c1-9(2)10(3)16-14-17-13(18-19-14)8-11-4-6-12(15)7-5-11/h4-7,9-10H,8H2,1-3H3,(H,16,17,18)/t10-/m0/s1. The highest BCUT2D eigenvalue weighted by atomic mass is 32.1. The van der Waals surface area contributed by atoms with Gasteiger partial charge in [0.05, 0.1) is 0 Å². The van der Waals surface area contributed by atoms with Gasteiger partial charge in [0.15, 0.2) is 0 Å². The molecule has 0 radical (unpaired) electrons. The lowest BCUT2D eigenvalue weighted by Crippen LogP contribution is -2.21. The van der Waals surface area contributed by atoms with Crippen LogP contribution in [0.1, 0.15) is 32.2 Å². The van der Waals surface area contributed by atoms with Gasteiger partial charge in [-0.25, -0.2) is 9.37 Å². The zero-order valence-corrected chi connectivity index (χ0v) is 12.2. The molecule has 0 saturated carbocycles. The predicted molar refractivity (Wildman–Crippen MR) is 77.0 cm³/mol. The van der Waals surface area contributed by atoms with E-state index in [1.807, 2.05) is 0 Å². The summed E-state index contributed by atoms with van der Waals surface area (Å²) >= 11 is 1.37. The van der Waals surface area contributed by atoms with Crippen molar-refractivity contribution < 1.29 is 4.39 Å². The van der Waals surface area contributed by atoms with Crippen LogP contribution in [0, 0.1) is 11.7 Å².